The van der Waals surface area contributed by atoms with E-state index in [0.29, 0.717) is 0 Å². The second kappa shape index (κ2) is 5.97. The molecule has 3 rings (SSSR count). The molecule has 0 spiro atoms. The second-order valence-corrected chi connectivity index (χ2v) is 8.12. The molecule has 0 radical (unpaired) electrons. The van der Waals surface area contributed by atoms with Gasteiger partial charge < -0.3 is 0 Å². The Bertz CT molecular complexity index is 846. The summed E-state index contributed by atoms with van der Waals surface area (Å²) in [5.41, 5.74) is 4.83. The van der Waals surface area contributed by atoms with Crippen LogP contribution in [0.25, 0.3) is 10.9 Å². The fraction of sp³-hybridized carbons (Fsp3) is 0.381. The Morgan fingerprint density at radius 1 is 0.875 bits per heavy atom. The summed E-state index contributed by atoms with van der Waals surface area (Å²) < 4.78 is 0. The van der Waals surface area contributed by atoms with Crippen molar-refractivity contribution in [3.8, 4) is 0 Å². The molecule has 3 aromatic rings. The smallest absolute Gasteiger partial charge is 0.115 e. The van der Waals surface area contributed by atoms with Crippen LogP contribution in [-0.4, -0.2) is 15.0 Å². The number of benzene rings is 1. The first kappa shape index (κ1) is 16.6. The molecule has 0 aliphatic heterocycles. The van der Waals surface area contributed by atoms with E-state index in [1.807, 2.05) is 18.5 Å². The zero-order valence-corrected chi connectivity index (χ0v) is 15.2. The highest BCUT2D eigenvalue weighted by Gasteiger charge is 2.23. The Labute approximate surface area is 144 Å². The number of rotatable bonds is 3. The molecule has 3 nitrogen and oxygen atoms in total. The van der Waals surface area contributed by atoms with Crippen molar-refractivity contribution >= 4 is 10.9 Å². The number of fused-ring (bicyclic) bond motifs is 1. The normalized spacial score (nSPS) is 12.5. The summed E-state index contributed by atoms with van der Waals surface area (Å²) >= 11 is 0. The van der Waals surface area contributed by atoms with Gasteiger partial charge in [-0.3, -0.25) is 4.98 Å². The number of aromatic nitrogens is 3. The van der Waals surface area contributed by atoms with Gasteiger partial charge in [-0.05, 0) is 41.2 Å². The minimum atomic E-state index is -0.0434. The Hall–Kier alpha value is -2.29. The maximum absolute atomic E-state index is 4.59. The summed E-state index contributed by atoms with van der Waals surface area (Å²) in [6, 6.07) is 10.8. The zero-order valence-electron chi connectivity index (χ0n) is 15.2. The molecule has 2 heterocycles. The molecule has 0 amide bonds. The monoisotopic (exact) mass is 319 g/mol. The first-order chi connectivity index (χ1) is 11.3. The lowest BCUT2D eigenvalue weighted by Crippen LogP contribution is -2.22. The van der Waals surface area contributed by atoms with Crippen molar-refractivity contribution in [3.63, 3.8) is 0 Å². The molecular formula is C21H25N3. The number of hydrogen-bond donors (Lipinski definition) is 0. The maximum atomic E-state index is 4.59. The van der Waals surface area contributed by atoms with E-state index in [4.69, 9.17) is 0 Å². The highest BCUT2D eigenvalue weighted by Crippen LogP contribution is 2.31. The molecule has 2 aromatic heterocycles. The Balaban J connectivity index is 1.98. The summed E-state index contributed by atoms with van der Waals surface area (Å²) in [4.78, 5) is 13.0. The van der Waals surface area contributed by atoms with Gasteiger partial charge in [0.15, 0.2) is 0 Å². The average Bonchev–Trinajstić information content (AvgIpc) is 2.53. The lowest BCUT2D eigenvalue weighted by atomic mass is 9.81. The van der Waals surface area contributed by atoms with Crippen LogP contribution in [0, 0.1) is 0 Å². The minimum absolute atomic E-state index is 0.0434. The SMILES string of the molecule is CC(C)(C)c1ccnc2cc(CC(C)(C)c3ccncn3)ccc12. The van der Waals surface area contributed by atoms with Gasteiger partial charge in [0.2, 0.25) is 0 Å². The molecule has 0 N–H and O–H groups in total. The molecule has 1 aromatic carbocycles. The van der Waals surface area contributed by atoms with Gasteiger partial charge in [0.05, 0.1) is 5.52 Å². The largest absolute Gasteiger partial charge is 0.256 e. The number of hydrogen-bond acceptors (Lipinski definition) is 3. The van der Waals surface area contributed by atoms with E-state index in [9.17, 15) is 0 Å². The standard InChI is InChI=1S/C21H25N3/c1-20(2,3)17-8-11-23-18-12-15(6-7-16(17)18)13-21(4,5)19-9-10-22-14-24-19/h6-12,14H,13H2,1-5H3. The van der Waals surface area contributed by atoms with Gasteiger partial charge >= 0.3 is 0 Å². The van der Waals surface area contributed by atoms with Crippen molar-refractivity contribution in [2.24, 2.45) is 0 Å². The van der Waals surface area contributed by atoms with Crippen LogP contribution in [0.3, 0.4) is 0 Å². The Kier molecular flexibility index (Phi) is 4.12. The van der Waals surface area contributed by atoms with Crippen molar-refractivity contribution in [2.75, 3.05) is 0 Å². The first-order valence-corrected chi connectivity index (χ1v) is 8.42. The van der Waals surface area contributed by atoms with Crippen LogP contribution in [-0.2, 0) is 17.3 Å². The predicted molar refractivity (Wildman–Crippen MR) is 99.2 cm³/mol. The third-order valence-electron chi connectivity index (χ3n) is 4.54. The van der Waals surface area contributed by atoms with Crippen molar-refractivity contribution in [2.45, 2.75) is 51.9 Å². The van der Waals surface area contributed by atoms with Crippen LogP contribution in [0.5, 0.6) is 0 Å². The van der Waals surface area contributed by atoms with E-state index >= 15 is 0 Å². The molecule has 0 atom stereocenters. The molecular weight excluding hydrogens is 294 g/mol. The fourth-order valence-electron chi connectivity index (χ4n) is 3.25. The summed E-state index contributed by atoms with van der Waals surface area (Å²) in [5.74, 6) is 0. The van der Waals surface area contributed by atoms with Crippen molar-refractivity contribution in [3.05, 3.63) is 65.9 Å². The molecule has 24 heavy (non-hydrogen) atoms. The van der Waals surface area contributed by atoms with E-state index in [1.165, 1.54) is 16.5 Å². The summed E-state index contributed by atoms with van der Waals surface area (Å²) in [6.45, 7) is 11.2. The van der Waals surface area contributed by atoms with Gasteiger partial charge in [-0.2, -0.15) is 0 Å². The van der Waals surface area contributed by atoms with Crippen LogP contribution in [0.2, 0.25) is 0 Å². The molecule has 0 unspecified atom stereocenters. The molecule has 0 bridgehead atoms. The lowest BCUT2D eigenvalue weighted by molar-refractivity contribution is 0.504. The van der Waals surface area contributed by atoms with E-state index in [2.05, 4.69) is 73.8 Å². The van der Waals surface area contributed by atoms with Gasteiger partial charge in [-0.1, -0.05) is 46.8 Å². The highest BCUT2D eigenvalue weighted by atomic mass is 14.8. The molecule has 0 aliphatic carbocycles. The van der Waals surface area contributed by atoms with Crippen molar-refractivity contribution < 1.29 is 0 Å². The number of nitrogens with zero attached hydrogens (tertiary/aromatic N) is 3. The zero-order chi connectivity index (χ0) is 17.4. The lowest BCUT2D eigenvalue weighted by Gasteiger charge is -2.25. The molecule has 3 heteroatoms. The topological polar surface area (TPSA) is 38.7 Å². The molecule has 124 valence electrons. The predicted octanol–water partition coefficient (Wildman–Crippen LogP) is 4.84. The molecule has 0 saturated carbocycles. The quantitative estimate of drug-likeness (QED) is 0.693. The second-order valence-electron chi connectivity index (χ2n) is 8.12. The van der Waals surface area contributed by atoms with Gasteiger partial charge in [0, 0.05) is 28.9 Å². The van der Waals surface area contributed by atoms with E-state index < -0.39 is 0 Å². The van der Waals surface area contributed by atoms with Crippen LogP contribution in [0.15, 0.2) is 49.1 Å². The van der Waals surface area contributed by atoms with Crippen LogP contribution >= 0.6 is 0 Å². The van der Waals surface area contributed by atoms with Gasteiger partial charge in [-0.15, -0.1) is 0 Å². The first-order valence-electron chi connectivity index (χ1n) is 8.42. The average molecular weight is 319 g/mol. The summed E-state index contributed by atoms with van der Waals surface area (Å²) in [5, 5.41) is 1.24. The van der Waals surface area contributed by atoms with Gasteiger partial charge in [0.25, 0.3) is 0 Å². The molecule has 0 saturated heterocycles. The van der Waals surface area contributed by atoms with Crippen LogP contribution in [0.1, 0.15) is 51.4 Å². The van der Waals surface area contributed by atoms with Crippen LogP contribution in [0.4, 0.5) is 0 Å². The highest BCUT2D eigenvalue weighted by molar-refractivity contribution is 5.83. The third kappa shape index (κ3) is 3.30. The van der Waals surface area contributed by atoms with Gasteiger partial charge in [-0.25, -0.2) is 9.97 Å². The maximum Gasteiger partial charge on any atom is 0.115 e. The van der Waals surface area contributed by atoms with E-state index in [-0.39, 0.29) is 10.8 Å². The van der Waals surface area contributed by atoms with Crippen molar-refractivity contribution in [1.82, 2.24) is 15.0 Å². The molecule has 0 fully saturated rings. The van der Waals surface area contributed by atoms with E-state index in [1.54, 1.807) is 6.33 Å². The Morgan fingerprint density at radius 3 is 2.33 bits per heavy atom. The van der Waals surface area contributed by atoms with Crippen molar-refractivity contribution in [1.29, 1.82) is 0 Å². The number of pyridine rings is 1. The Morgan fingerprint density at radius 2 is 1.67 bits per heavy atom. The fourth-order valence-corrected chi connectivity index (χ4v) is 3.25. The summed E-state index contributed by atoms with van der Waals surface area (Å²) in [6.07, 6.45) is 6.26. The molecule has 0 aliphatic rings. The third-order valence-corrected chi connectivity index (χ3v) is 4.54. The minimum Gasteiger partial charge on any atom is -0.256 e. The summed E-state index contributed by atoms with van der Waals surface area (Å²) in [7, 11) is 0. The van der Waals surface area contributed by atoms with Crippen LogP contribution < -0.4 is 0 Å². The van der Waals surface area contributed by atoms with E-state index in [0.717, 1.165) is 17.6 Å². The van der Waals surface area contributed by atoms with Gasteiger partial charge in [0.1, 0.15) is 6.33 Å².